The van der Waals surface area contributed by atoms with Crippen LogP contribution in [-0.2, 0) is 12.0 Å². The van der Waals surface area contributed by atoms with Crippen molar-refractivity contribution in [2.75, 3.05) is 26.3 Å². The number of halogens is 1. The highest BCUT2D eigenvalue weighted by Crippen LogP contribution is 2.34. The second-order valence-electron chi connectivity index (χ2n) is 7.84. The molecule has 2 N–H and O–H groups in total. The van der Waals surface area contributed by atoms with Gasteiger partial charge in [0.2, 0.25) is 0 Å². The summed E-state index contributed by atoms with van der Waals surface area (Å²) < 4.78 is 13.3. The molecule has 0 atom stereocenters. The van der Waals surface area contributed by atoms with E-state index in [0.717, 1.165) is 35.5 Å². The number of pyridine rings is 1. The number of guanidine groups is 1. The summed E-state index contributed by atoms with van der Waals surface area (Å²) in [6, 6.07) is 12.0. The first-order valence-electron chi connectivity index (χ1n) is 10.3. The summed E-state index contributed by atoms with van der Waals surface area (Å²) in [4.78, 5) is 4.70. The molecule has 3 heterocycles. The Morgan fingerprint density at radius 1 is 1.10 bits per heavy atom. The van der Waals surface area contributed by atoms with Gasteiger partial charge in [0.1, 0.15) is 19.8 Å². The number of nitrogens with one attached hydrogen (secondary N) is 2. The maximum Gasteiger partial charge on any atom is 0.191 e. The largest absolute Gasteiger partial charge is 0.486 e. The van der Waals surface area contributed by atoms with Crippen LogP contribution in [0.5, 0.6) is 11.5 Å². The van der Waals surface area contributed by atoms with Gasteiger partial charge in [-0.3, -0.25) is 4.40 Å². The molecule has 0 amide bonds. The summed E-state index contributed by atoms with van der Waals surface area (Å²) in [7, 11) is 0. The minimum atomic E-state index is -0.131. The highest BCUT2D eigenvalue weighted by Gasteiger charge is 2.24. The summed E-state index contributed by atoms with van der Waals surface area (Å²) in [5.41, 5.74) is 1.87. The molecule has 0 spiro atoms. The normalized spacial score (nSPS) is 13.6. The summed E-state index contributed by atoms with van der Waals surface area (Å²) in [6.45, 7) is 9.54. The molecule has 0 unspecified atom stereocenters. The van der Waals surface area contributed by atoms with E-state index in [1.165, 1.54) is 5.56 Å². The monoisotopic (exact) mass is 536 g/mol. The van der Waals surface area contributed by atoms with Crippen molar-refractivity contribution in [2.24, 2.45) is 4.99 Å². The molecule has 1 aliphatic heterocycles. The molecule has 2 aromatic heterocycles. The zero-order valence-corrected chi connectivity index (χ0v) is 20.4. The lowest BCUT2D eigenvalue weighted by atomic mass is 9.84. The third kappa shape index (κ3) is 5.38. The van der Waals surface area contributed by atoms with Crippen LogP contribution in [0, 0.1) is 0 Å². The molecular formula is C22H29IN6O2. The van der Waals surface area contributed by atoms with Crippen LogP contribution in [0.2, 0.25) is 0 Å². The Labute approximate surface area is 199 Å². The van der Waals surface area contributed by atoms with Crippen molar-refractivity contribution in [3.63, 3.8) is 0 Å². The molecule has 0 aliphatic carbocycles. The molecule has 0 saturated heterocycles. The molecule has 0 fully saturated rings. The van der Waals surface area contributed by atoms with Gasteiger partial charge in [-0.25, -0.2) is 4.99 Å². The first-order valence-corrected chi connectivity index (χ1v) is 10.3. The molecule has 3 aromatic rings. The number of hydrogen-bond acceptors (Lipinski definition) is 5. The lowest BCUT2D eigenvalue weighted by Crippen LogP contribution is -2.43. The number of rotatable bonds is 6. The van der Waals surface area contributed by atoms with Crippen molar-refractivity contribution in [2.45, 2.75) is 32.7 Å². The zero-order valence-electron chi connectivity index (χ0n) is 18.1. The quantitative estimate of drug-likeness (QED) is 0.286. The number of aliphatic imine (C=N–C) groups is 1. The van der Waals surface area contributed by atoms with E-state index in [2.05, 4.69) is 53.7 Å². The van der Waals surface area contributed by atoms with Crippen LogP contribution in [0.15, 0.2) is 47.6 Å². The number of ether oxygens (including phenoxy) is 2. The predicted octanol–water partition coefficient (Wildman–Crippen LogP) is 3.15. The lowest BCUT2D eigenvalue weighted by Gasteiger charge is -2.28. The topological polar surface area (TPSA) is 85.1 Å². The first-order chi connectivity index (χ1) is 14.6. The number of hydrogen-bond donors (Lipinski definition) is 2. The zero-order chi connectivity index (χ0) is 21.0. The standard InChI is InChI=1S/C22H28N6O2.HI/c1-4-23-21(24-14-20-27-26-19-7-5-6-10-28(19)20)25-15-22(2,3)16-8-9-17-18(13-16)30-12-11-29-17;/h5-10,13H,4,11-12,14-15H2,1-3H3,(H2,23,24,25);1H. The minimum absolute atomic E-state index is 0. The third-order valence-corrected chi connectivity index (χ3v) is 5.13. The molecule has 166 valence electrons. The fourth-order valence-corrected chi connectivity index (χ4v) is 3.36. The molecule has 8 nitrogen and oxygen atoms in total. The van der Waals surface area contributed by atoms with E-state index in [0.29, 0.717) is 26.3 Å². The van der Waals surface area contributed by atoms with Crippen LogP contribution >= 0.6 is 24.0 Å². The summed E-state index contributed by atoms with van der Waals surface area (Å²) >= 11 is 0. The number of aromatic nitrogens is 3. The van der Waals surface area contributed by atoms with Gasteiger partial charge in [0.05, 0.1) is 0 Å². The number of nitrogens with zero attached hydrogens (tertiary/aromatic N) is 4. The van der Waals surface area contributed by atoms with Gasteiger partial charge in [0.15, 0.2) is 28.9 Å². The predicted molar refractivity (Wildman–Crippen MR) is 132 cm³/mol. The first kappa shape index (κ1) is 23.1. The minimum Gasteiger partial charge on any atom is -0.486 e. The van der Waals surface area contributed by atoms with Gasteiger partial charge in [-0.05, 0) is 36.8 Å². The van der Waals surface area contributed by atoms with Crippen LogP contribution in [-0.4, -0.2) is 46.9 Å². The maximum atomic E-state index is 5.74. The Morgan fingerprint density at radius 2 is 1.90 bits per heavy atom. The number of benzene rings is 1. The lowest BCUT2D eigenvalue weighted by molar-refractivity contribution is 0.171. The van der Waals surface area contributed by atoms with Gasteiger partial charge in [0, 0.05) is 24.7 Å². The molecule has 0 radical (unpaired) electrons. The van der Waals surface area contributed by atoms with Gasteiger partial charge in [-0.1, -0.05) is 26.0 Å². The van der Waals surface area contributed by atoms with E-state index in [-0.39, 0.29) is 29.4 Å². The van der Waals surface area contributed by atoms with Crippen LogP contribution < -0.4 is 20.1 Å². The van der Waals surface area contributed by atoms with E-state index >= 15 is 0 Å². The van der Waals surface area contributed by atoms with Crippen LogP contribution in [0.3, 0.4) is 0 Å². The van der Waals surface area contributed by atoms with Gasteiger partial charge < -0.3 is 20.1 Å². The fourth-order valence-electron chi connectivity index (χ4n) is 3.36. The Morgan fingerprint density at radius 3 is 2.71 bits per heavy atom. The second-order valence-corrected chi connectivity index (χ2v) is 7.84. The third-order valence-electron chi connectivity index (χ3n) is 5.13. The van der Waals surface area contributed by atoms with Gasteiger partial charge in [-0.15, -0.1) is 34.2 Å². The molecular weight excluding hydrogens is 507 g/mol. The molecule has 1 aromatic carbocycles. The van der Waals surface area contributed by atoms with E-state index in [1.807, 2.05) is 34.9 Å². The van der Waals surface area contributed by atoms with Crippen LogP contribution in [0.1, 0.15) is 32.2 Å². The van der Waals surface area contributed by atoms with Gasteiger partial charge in [-0.2, -0.15) is 0 Å². The SMILES string of the molecule is CCNC(=NCc1nnc2ccccn12)NCC(C)(C)c1ccc2c(c1)OCCO2.I. The second kappa shape index (κ2) is 10.2. The highest BCUT2D eigenvalue weighted by molar-refractivity contribution is 14.0. The molecule has 0 bridgehead atoms. The average molecular weight is 536 g/mol. The Hall–Kier alpha value is -2.56. The number of fused-ring (bicyclic) bond motifs is 2. The molecule has 4 rings (SSSR count). The van der Waals surface area contributed by atoms with Crippen molar-refractivity contribution in [1.82, 2.24) is 25.2 Å². The smallest absolute Gasteiger partial charge is 0.191 e. The summed E-state index contributed by atoms with van der Waals surface area (Å²) in [5, 5.41) is 15.2. The molecule has 9 heteroatoms. The van der Waals surface area contributed by atoms with Crippen molar-refractivity contribution in [1.29, 1.82) is 0 Å². The van der Waals surface area contributed by atoms with Crippen molar-refractivity contribution in [3.8, 4) is 11.5 Å². The van der Waals surface area contributed by atoms with Crippen LogP contribution in [0.25, 0.3) is 5.65 Å². The van der Waals surface area contributed by atoms with E-state index in [9.17, 15) is 0 Å². The van der Waals surface area contributed by atoms with Crippen LogP contribution in [0.4, 0.5) is 0 Å². The Bertz CT molecular complexity index is 1050. The van der Waals surface area contributed by atoms with Crippen molar-refractivity contribution < 1.29 is 9.47 Å². The Balaban J connectivity index is 0.00000272. The fraction of sp³-hybridized carbons (Fsp3) is 0.409. The highest BCUT2D eigenvalue weighted by atomic mass is 127. The molecule has 31 heavy (non-hydrogen) atoms. The average Bonchev–Trinajstić information content (AvgIpc) is 3.18. The Kier molecular flexibility index (Phi) is 7.58. The van der Waals surface area contributed by atoms with E-state index in [4.69, 9.17) is 14.5 Å². The maximum absolute atomic E-state index is 5.74. The summed E-state index contributed by atoms with van der Waals surface area (Å²) in [5.74, 6) is 3.17. The molecule has 1 aliphatic rings. The van der Waals surface area contributed by atoms with E-state index < -0.39 is 0 Å². The van der Waals surface area contributed by atoms with Crippen molar-refractivity contribution in [3.05, 3.63) is 54.0 Å². The molecule has 0 saturated carbocycles. The van der Waals surface area contributed by atoms with Crippen molar-refractivity contribution >= 4 is 35.6 Å². The van der Waals surface area contributed by atoms with Gasteiger partial charge >= 0.3 is 0 Å². The summed E-state index contributed by atoms with van der Waals surface area (Å²) in [6.07, 6.45) is 1.95. The van der Waals surface area contributed by atoms with E-state index in [1.54, 1.807) is 0 Å². The van der Waals surface area contributed by atoms with Gasteiger partial charge in [0.25, 0.3) is 0 Å².